The summed E-state index contributed by atoms with van der Waals surface area (Å²) in [6.45, 7) is 2.02. The van der Waals surface area contributed by atoms with Crippen molar-refractivity contribution in [3.63, 3.8) is 0 Å². The van der Waals surface area contributed by atoms with Crippen LogP contribution in [0.3, 0.4) is 0 Å². The average Bonchev–Trinajstić information content (AvgIpc) is 2.67. The molecule has 0 saturated carbocycles. The lowest BCUT2D eigenvalue weighted by Crippen LogP contribution is -2.41. The molecule has 1 fully saturated rings. The second-order valence-electron chi connectivity index (χ2n) is 6.37. The van der Waals surface area contributed by atoms with Gasteiger partial charge < -0.3 is 5.32 Å². The Balaban J connectivity index is 1.44. The number of hydrogen-bond donors (Lipinski definition) is 1. The van der Waals surface area contributed by atoms with Gasteiger partial charge >= 0.3 is 0 Å². The lowest BCUT2D eigenvalue weighted by Gasteiger charge is -2.31. The van der Waals surface area contributed by atoms with E-state index in [1.807, 2.05) is 36.4 Å². The molecular weight excluding hydrogens is 336 g/mol. The molecule has 134 valence electrons. The third-order valence-corrected chi connectivity index (χ3v) is 6.48. The maximum absolute atomic E-state index is 12.5. The highest BCUT2D eigenvalue weighted by atomic mass is 32.2. The van der Waals surface area contributed by atoms with Gasteiger partial charge in [0, 0.05) is 25.8 Å². The Morgan fingerprint density at radius 2 is 1.88 bits per heavy atom. The average molecular weight is 360 g/mol. The molecule has 1 aromatic carbocycles. The molecule has 1 aromatic heterocycles. The van der Waals surface area contributed by atoms with E-state index in [0.29, 0.717) is 25.4 Å². The smallest absolute Gasteiger partial charge is 0.214 e. The quantitative estimate of drug-likeness (QED) is 0.819. The molecule has 2 heterocycles. The zero-order valence-corrected chi connectivity index (χ0v) is 15.0. The highest BCUT2D eigenvalue weighted by Crippen LogP contribution is 2.20. The van der Waals surface area contributed by atoms with Gasteiger partial charge in [-0.1, -0.05) is 30.3 Å². The molecule has 0 radical (unpaired) electrons. The molecular formula is C18H24N4O2S. The van der Waals surface area contributed by atoms with Crippen LogP contribution >= 0.6 is 0 Å². The van der Waals surface area contributed by atoms with Gasteiger partial charge in [-0.3, -0.25) is 0 Å². The second-order valence-corrected chi connectivity index (χ2v) is 8.46. The van der Waals surface area contributed by atoms with Crippen LogP contribution in [0.25, 0.3) is 0 Å². The largest absolute Gasteiger partial charge is 0.370 e. The van der Waals surface area contributed by atoms with E-state index in [4.69, 9.17) is 0 Å². The lowest BCUT2D eigenvalue weighted by atomic mass is 9.98. The Labute approximate surface area is 149 Å². The van der Waals surface area contributed by atoms with Gasteiger partial charge in [0.2, 0.25) is 10.0 Å². The third-order valence-electron chi connectivity index (χ3n) is 4.61. The Bertz CT molecular complexity index is 745. The minimum absolute atomic E-state index is 0.181. The lowest BCUT2D eigenvalue weighted by molar-refractivity contribution is 0.282. The van der Waals surface area contributed by atoms with Crippen molar-refractivity contribution in [2.75, 3.05) is 30.7 Å². The molecule has 1 aliphatic heterocycles. The Kier molecular flexibility index (Phi) is 5.99. The molecule has 2 aromatic rings. The Hall–Kier alpha value is -1.99. The highest BCUT2D eigenvalue weighted by molar-refractivity contribution is 7.89. The number of nitrogens with zero attached hydrogens (tertiary/aromatic N) is 3. The van der Waals surface area contributed by atoms with Crippen molar-refractivity contribution >= 4 is 15.8 Å². The first kappa shape index (κ1) is 17.8. The maximum atomic E-state index is 12.5. The minimum atomic E-state index is -3.18. The van der Waals surface area contributed by atoms with E-state index < -0.39 is 10.0 Å². The van der Waals surface area contributed by atoms with Crippen LogP contribution in [-0.4, -0.2) is 48.1 Å². The summed E-state index contributed by atoms with van der Waals surface area (Å²) in [5, 5.41) is 3.30. The first-order chi connectivity index (χ1) is 12.1. The summed E-state index contributed by atoms with van der Waals surface area (Å²) in [7, 11) is -3.18. The van der Waals surface area contributed by atoms with Gasteiger partial charge in [-0.05, 0) is 36.8 Å². The normalized spacial score (nSPS) is 16.6. The molecule has 1 N–H and O–H groups in total. The first-order valence-corrected chi connectivity index (χ1v) is 10.3. The fourth-order valence-electron chi connectivity index (χ4n) is 3.06. The van der Waals surface area contributed by atoms with Crippen LogP contribution in [0.15, 0.2) is 48.9 Å². The van der Waals surface area contributed by atoms with Gasteiger partial charge in [0.1, 0.15) is 12.1 Å². The number of sulfonamides is 1. The number of piperidine rings is 1. The van der Waals surface area contributed by atoms with E-state index >= 15 is 0 Å². The number of anilines is 1. The summed E-state index contributed by atoms with van der Waals surface area (Å²) >= 11 is 0. The summed E-state index contributed by atoms with van der Waals surface area (Å²) in [4.78, 5) is 8.03. The molecule has 7 heteroatoms. The molecule has 0 bridgehead atoms. The van der Waals surface area contributed by atoms with E-state index in [1.165, 1.54) is 6.33 Å². The molecule has 1 aliphatic rings. The van der Waals surface area contributed by atoms with Crippen LogP contribution in [0.1, 0.15) is 18.4 Å². The number of rotatable bonds is 7. The predicted molar refractivity (Wildman–Crippen MR) is 98.8 cm³/mol. The van der Waals surface area contributed by atoms with Crippen molar-refractivity contribution in [1.29, 1.82) is 0 Å². The summed E-state index contributed by atoms with van der Waals surface area (Å²) < 4.78 is 26.7. The van der Waals surface area contributed by atoms with Crippen LogP contribution in [-0.2, 0) is 16.4 Å². The fraction of sp³-hybridized carbons (Fsp3) is 0.444. The van der Waals surface area contributed by atoms with Crippen LogP contribution in [0.2, 0.25) is 0 Å². The molecule has 25 heavy (non-hydrogen) atoms. The van der Waals surface area contributed by atoms with E-state index in [1.54, 1.807) is 10.5 Å². The Morgan fingerprint density at radius 1 is 1.12 bits per heavy atom. The molecule has 0 amide bonds. The minimum Gasteiger partial charge on any atom is -0.370 e. The number of aromatic nitrogens is 2. The van der Waals surface area contributed by atoms with Crippen molar-refractivity contribution in [2.24, 2.45) is 5.92 Å². The topological polar surface area (TPSA) is 75.2 Å². The summed E-state index contributed by atoms with van der Waals surface area (Å²) in [6.07, 6.45) is 5.55. The summed E-state index contributed by atoms with van der Waals surface area (Å²) in [5.74, 6) is 1.46. The van der Waals surface area contributed by atoms with Gasteiger partial charge in [0.25, 0.3) is 0 Å². The number of hydrogen-bond acceptors (Lipinski definition) is 5. The van der Waals surface area contributed by atoms with Crippen LogP contribution in [0.4, 0.5) is 5.82 Å². The highest BCUT2D eigenvalue weighted by Gasteiger charge is 2.27. The number of benzene rings is 1. The first-order valence-electron chi connectivity index (χ1n) is 8.65. The zero-order chi connectivity index (χ0) is 17.5. The van der Waals surface area contributed by atoms with Gasteiger partial charge in [-0.15, -0.1) is 0 Å². The summed E-state index contributed by atoms with van der Waals surface area (Å²) in [5.41, 5.74) is 1.06. The third kappa shape index (κ3) is 5.24. The van der Waals surface area contributed by atoms with Crippen LogP contribution in [0.5, 0.6) is 0 Å². The van der Waals surface area contributed by atoms with E-state index in [2.05, 4.69) is 15.3 Å². The van der Waals surface area contributed by atoms with E-state index in [0.717, 1.165) is 30.8 Å². The predicted octanol–water partition coefficient (Wildman–Crippen LogP) is 2.17. The van der Waals surface area contributed by atoms with Gasteiger partial charge in [-0.25, -0.2) is 22.7 Å². The Morgan fingerprint density at radius 3 is 2.56 bits per heavy atom. The van der Waals surface area contributed by atoms with Crippen molar-refractivity contribution in [1.82, 2.24) is 14.3 Å². The monoisotopic (exact) mass is 360 g/mol. The molecule has 1 saturated heterocycles. The fourth-order valence-corrected chi connectivity index (χ4v) is 4.58. The maximum Gasteiger partial charge on any atom is 0.214 e. The molecule has 0 unspecified atom stereocenters. The van der Waals surface area contributed by atoms with E-state index in [-0.39, 0.29) is 5.75 Å². The SMILES string of the molecule is O=S(=O)(CCc1ccccc1)N1CCC(CNc2ccncn2)CC1. The van der Waals surface area contributed by atoms with Crippen LogP contribution < -0.4 is 5.32 Å². The van der Waals surface area contributed by atoms with Gasteiger partial charge in [0.05, 0.1) is 5.75 Å². The number of nitrogens with one attached hydrogen (secondary N) is 1. The van der Waals surface area contributed by atoms with Crippen molar-refractivity contribution in [3.05, 3.63) is 54.5 Å². The molecule has 0 atom stereocenters. The number of aryl methyl sites for hydroxylation is 1. The molecule has 6 nitrogen and oxygen atoms in total. The molecule has 0 spiro atoms. The second kappa shape index (κ2) is 8.40. The molecule has 0 aliphatic carbocycles. The van der Waals surface area contributed by atoms with Gasteiger partial charge in [0.15, 0.2) is 0 Å². The van der Waals surface area contributed by atoms with Crippen molar-refractivity contribution in [2.45, 2.75) is 19.3 Å². The standard InChI is InChI=1S/C18H24N4O2S/c23-25(24,13-9-16-4-2-1-3-5-16)22-11-7-17(8-12-22)14-20-18-6-10-19-15-21-18/h1-6,10,15,17H,7-9,11-14H2,(H,19,20,21). The van der Waals surface area contributed by atoms with Crippen molar-refractivity contribution < 1.29 is 8.42 Å². The summed E-state index contributed by atoms with van der Waals surface area (Å²) in [6, 6.07) is 11.6. The van der Waals surface area contributed by atoms with Crippen molar-refractivity contribution in [3.8, 4) is 0 Å². The van der Waals surface area contributed by atoms with E-state index in [9.17, 15) is 8.42 Å². The van der Waals surface area contributed by atoms with Gasteiger partial charge in [-0.2, -0.15) is 0 Å². The molecule has 3 rings (SSSR count). The zero-order valence-electron chi connectivity index (χ0n) is 14.2. The van der Waals surface area contributed by atoms with Crippen LogP contribution in [0, 0.1) is 5.92 Å².